The lowest BCUT2D eigenvalue weighted by Gasteiger charge is -2.08. The number of hydrogen-bond acceptors (Lipinski definition) is 6. The van der Waals surface area contributed by atoms with Crippen molar-refractivity contribution in [1.29, 1.82) is 0 Å². The molecule has 2 amide bonds. The van der Waals surface area contributed by atoms with Crippen LogP contribution in [0, 0.1) is 0 Å². The van der Waals surface area contributed by atoms with Crippen molar-refractivity contribution >= 4 is 40.1 Å². The number of amides is 2. The average molecular weight is 396 g/mol. The second kappa shape index (κ2) is 9.03. The van der Waals surface area contributed by atoms with E-state index in [0.717, 1.165) is 5.39 Å². The van der Waals surface area contributed by atoms with Crippen molar-refractivity contribution < 1.29 is 28.3 Å². The summed E-state index contributed by atoms with van der Waals surface area (Å²) in [6.07, 6.45) is 0. The molecule has 0 atom stereocenters. The van der Waals surface area contributed by atoms with Crippen LogP contribution in [-0.4, -0.2) is 31.5 Å². The number of hydrogen-bond donors (Lipinski definition) is 2. The molecule has 150 valence electrons. The summed E-state index contributed by atoms with van der Waals surface area (Å²) in [4.78, 5) is 35.7. The van der Waals surface area contributed by atoms with Gasteiger partial charge < -0.3 is 24.5 Å². The van der Waals surface area contributed by atoms with Crippen LogP contribution in [0.15, 0.2) is 52.9 Å². The normalized spacial score (nSPS) is 10.6. The molecule has 0 saturated carbocycles. The van der Waals surface area contributed by atoms with E-state index in [2.05, 4.69) is 10.6 Å². The van der Waals surface area contributed by atoms with E-state index in [1.807, 2.05) is 12.1 Å². The maximum absolute atomic E-state index is 12.4. The Morgan fingerprint density at radius 1 is 1.00 bits per heavy atom. The Balaban J connectivity index is 1.65. The molecule has 2 aromatic carbocycles. The molecule has 0 fully saturated rings. The van der Waals surface area contributed by atoms with Gasteiger partial charge in [0.1, 0.15) is 5.58 Å². The van der Waals surface area contributed by atoms with Crippen LogP contribution in [-0.2, 0) is 25.7 Å². The number of rotatable bonds is 7. The summed E-state index contributed by atoms with van der Waals surface area (Å²) in [5.74, 6) is -1.49. The number of benzene rings is 2. The number of furan rings is 1. The fraction of sp³-hybridized carbons (Fsp3) is 0.190. The number of carbonyl (C=O) groups is 3. The molecule has 29 heavy (non-hydrogen) atoms. The van der Waals surface area contributed by atoms with Gasteiger partial charge in [0.05, 0.1) is 6.61 Å². The zero-order valence-corrected chi connectivity index (χ0v) is 16.0. The molecule has 0 bridgehead atoms. The van der Waals surface area contributed by atoms with Crippen LogP contribution in [0.5, 0.6) is 0 Å². The summed E-state index contributed by atoms with van der Waals surface area (Å²) in [6, 6.07) is 13.8. The van der Waals surface area contributed by atoms with Gasteiger partial charge in [-0.05, 0) is 24.3 Å². The van der Waals surface area contributed by atoms with E-state index in [4.69, 9.17) is 13.9 Å². The lowest BCUT2D eigenvalue weighted by atomic mass is 10.1. The van der Waals surface area contributed by atoms with E-state index in [9.17, 15) is 14.4 Å². The maximum Gasteiger partial charge on any atom is 0.375 e. The minimum atomic E-state index is -0.754. The van der Waals surface area contributed by atoms with Gasteiger partial charge in [-0.25, -0.2) is 4.79 Å². The van der Waals surface area contributed by atoms with Crippen molar-refractivity contribution in [2.24, 2.45) is 0 Å². The largest absolute Gasteiger partial charge is 0.450 e. The molecule has 1 aromatic heterocycles. The lowest BCUT2D eigenvalue weighted by molar-refractivity contribution is -0.119. The zero-order valence-electron chi connectivity index (χ0n) is 16.0. The summed E-state index contributed by atoms with van der Waals surface area (Å²) in [5, 5.41) is 5.98. The summed E-state index contributed by atoms with van der Waals surface area (Å²) >= 11 is 0. The predicted octanol–water partition coefficient (Wildman–Crippen LogP) is 3.33. The molecule has 3 rings (SSSR count). The van der Waals surface area contributed by atoms with Gasteiger partial charge in [-0.15, -0.1) is 0 Å². The summed E-state index contributed by atoms with van der Waals surface area (Å²) in [7, 11) is 1.51. The van der Waals surface area contributed by atoms with Gasteiger partial charge in [0, 0.05) is 36.4 Å². The molecule has 0 saturated heterocycles. The number of para-hydroxylation sites is 1. The van der Waals surface area contributed by atoms with Gasteiger partial charge in [0.15, 0.2) is 6.61 Å². The van der Waals surface area contributed by atoms with Crippen molar-refractivity contribution in [2.75, 3.05) is 24.4 Å². The summed E-state index contributed by atoms with van der Waals surface area (Å²) < 4.78 is 15.8. The third-order valence-corrected chi connectivity index (χ3v) is 3.97. The Morgan fingerprint density at radius 3 is 2.45 bits per heavy atom. The third-order valence-electron chi connectivity index (χ3n) is 3.97. The Bertz CT molecular complexity index is 1060. The van der Waals surface area contributed by atoms with Crippen LogP contribution in [0.1, 0.15) is 23.0 Å². The molecule has 0 aliphatic rings. The van der Waals surface area contributed by atoms with Gasteiger partial charge in [-0.3, -0.25) is 9.59 Å². The lowest BCUT2D eigenvalue weighted by Crippen LogP contribution is -2.21. The number of ether oxygens (including phenoxy) is 2. The zero-order chi connectivity index (χ0) is 20.8. The Morgan fingerprint density at radius 2 is 1.72 bits per heavy atom. The number of carbonyl (C=O) groups excluding carboxylic acids is 3. The number of fused-ring (bicyclic) bond motifs is 1. The molecule has 1 heterocycles. The quantitative estimate of drug-likeness (QED) is 0.593. The van der Waals surface area contributed by atoms with E-state index < -0.39 is 18.5 Å². The molecule has 0 spiro atoms. The van der Waals surface area contributed by atoms with E-state index in [0.29, 0.717) is 22.5 Å². The van der Waals surface area contributed by atoms with E-state index in [1.165, 1.54) is 14.0 Å². The number of methoxy groups -OCH3 is 1. The molecule has 0 unspecified atom stereocenters. The minimum absolute atomic E-state index is 0.00788. The number of nitrogens with one attached hydrogen (secondary N) is 2. The Kier molecular flexibility index (Phi) is 6.25. The fourth-order valence-electron chi connectivity index (χ4n) is 2.82. The van der Waals surface area contributed by atoms with Crippen molar-refractivity contribution in [3.05, 3.63) is 59.9 Å². The first kappa shape index (κ1) is 20.1. The molecule has 0 aliphatic heterocycles. The molecule has 0 radical (unpaired) electrons. The van der Waals surface area contributed by atoms with Gasteiger partial charge in [0.2, 0.25) is 11.7 Å². The van der Waals surface area contributed by atoms with E-state index in [-0.39, 0.29) is 18.3 Å². The maximum atomic E-state index is 12.4. The van der Waals surface area contributed by atoms with Crippen LogP contribution in [0.25, 0.3) is 11.0 Å². The van der Waals surface area contributed by atoms with Crippen LogP contribution in [0.2, 0.25) is 0 Å². The van der Waals surface area contributed by atoms with E-state index in [1.54, 1.807) is 36.4 Å². The van der Waals surface area contributed by atoms with Crippen molar-refractivity contribution in [1.82, 2.24) is 0 Å². The number of esters is 1. The van der Waals surface area contributed by atoms with Gasteiger partial charge in [0.25, 0.3) is 5.91 Å². The molecule has 3 aromatic rings. The summed E-state index contributed by atoms with van der Waals surface area (Å²) in [6.45, 7) is 1.07. The predicted molar refractivity (Wildman–Crippen MR) is 107 cm³/mol. The first-order valence-electron chi connectivity index (χ1n) is 8.82. The van der Waals surface area contributed by atoms with Gasteiger partial charge in [-0.1, -0.05) is 24.3 Å². The Labute approximate surface area is 166 Å². The topological polar surface area (TPSA) is 107 Å². The highest BCUT2D eigenvalue weighted by molar-refractivity contribution is 5.98. The third kappa shape index (κ3) is 4.99. The van der Waals surface area contributed by atoms with Crippen molar-refractivity contribution in [2.45, 2.75) is 13.5 Å². The highest BCUT2D eigenvalue weighted by Crippen LogP contribution is 2.27. The first-order valence-corrected chi connectivity index (χ1v) is 8.82. The monoisotopic (exact) mass is 396 g/mol. The number of anilines is 2. The molecular formula is C21H20N2O6. The average Bonchev–Trinajstić information content (AvgIpc) is 3.05. The molecular weight excluding hydrogens is 376 g/mol. The second-order valence-corrected chi connectivity index (χ2v) is 6.23. The molecule has 0 aliphatic carbocycles. The second-order valence-electron chi connectivity index (χ2n) is 6.23. The smallest absolute Gasteiger partial charge is 0.375 e. The van der Waals surface area contributed by atoms with Crippen molar-refractivity contribution in [3.63, 3.8) is 0 Å². The SMILES string of the molecule is COCc1c(C(=O)OCC(=O)Nc2cccc(NC(C)=O)c2)oc2ccccc12. The highest BCUT2D eigenvalue weighted by atomic mass is 16.5. The first-order chi connectivity index (χ1) is 14.0. The fourth-order valence-corrected chi connectivity index (χ4v) is 2.82. The van der Waals surface area contributed by atoms with E-state index >= 15 is 0 Å². The molecule has 8 nitrogen and oxygen atoms in total. The van der Waals surface area contributed by atoms with Crippen molar-refractivity contribution in [3.8, 4) is 0 Å². The van der Waals surface area contributed by atoms with Gasteiger partial charge in [-0.2, -0.15) is 0 Å². The van der Waals surface area contributed by atoms with Gasteiger partial charge >= 0.3 is 5.97 Å². The van der Waals surface area contributed by atoms with Crippen LogP contribution < -0.4 is 10.6 Å². The highest BCUT2D eigenvalue weighted by Gasteiger charge is 2.22. The van der Waals surface area contributed by atoms with Crippen LogP contribution in [0.4, 0.5) is 11.4 Å². The van der Waals surface area contributed by atoms with Crippen LogP contribution in [0.3, 0.4) is 0 Å². The minimum Gasteiger partial charge on any atom is -0.450 e. The molecule has 2 N–H and O–H groups in total. The Hall–Kier alpha value is -3.65. The summed E-state index contributed by atoms with van der Waals surface area (Å²) in [5.41, 5.74) is 2.10. The van der Waals surface area contributed by atoms with Crippen LogP contribution >= 0.6 is 0 Å². The molecule has 8 heteroatoms. The standard InChI is InChI=1S/C21H20N2O6/c1-13(24)22-14-6-5-7-15(10-14)23-19(25)12-28-21(26)20-17(11-27-2)16-8-3-4-9-18(16)29-20/h3-10H,11-12H2,1-2H3,(H,22,24)(H,23,25).